The molecule has 3 aromatic rings. The van der Waals surface area contributed by atoms with Gasteiger partial charge in [-0.05, 0) is 55.5 Å². The van der Waals surface area contributed by atoms with Gasteiger partial charge in [-0.3, -0.25) is 19.4 Å². The van der Waals surface area contributed by atoms with E-state index in [4.69, 9.17) is 9.47 Å². The lowest BCUT2D eigenvalue weighted by Gasteiger charge is -2.26. The third-order valence-corrected chi connectivity index (χ3v) is 6.98. The monoisotopic (exact) mass is 577 g/mol. The minimum absolute atomic E-state index is 0.00420. The molecule has 1 aliphatic heterocycles. The molecule has 0 aliphatic carbocycles. The molecular formula is C30H39N7O5. The van der Waals surface area contributed by atoms with Gasteiger partial charge >= 0.3 is 0 Å². The van der Waals surface area contributed by atoms with Gasteiger partial charge in [-0.25, -0.2) is 9.67 Å². The van der Waals surface area contributed by atoms with Crippen molar-refractivity contribution in [1.29, 1.82) is 0 Å². The van der Waals surface area contributed by atoms with Gasteiger partial charge in [-0.2, -0.15) is 5.10 Å². The molecule has 0 fully saturated rings. The zero-order valence-corrected chi connectivity index (χ0v) is 24.6. The number of nitrogens with zero attached hydrogens (tertiary/aromatic N) is 5. The Morgan fingerprint density at radius 3 is 2.79 bits per heavy atom. The first kappa shape index (κ1) is 30.5. The Kier molecular flexibility index (Phi) is 10.5. The van der Waals surface area contributed by atoms with Crippen molar-refractivity contribution < 1.29 is 23.9 Å². The van der Waals surface area contributed by atoms with Crippen molar-refractivity contribution >= 4 is 17.7 Å². The maximum absolute atomic E-state index is 13.3. The van der Waals surface area contributed by atoms with Crippen LogP contribution in [0, 0.1) is 12.8 Å². The largest absolute Gasteiger partial charge is 0.493 e. The standard InChI is InChI=1S/C30H39N7O5/c1-20(2)28-29-33-21(3)35-37(29)15-16-42-25-17-23(9-10-24(25)41-4)30(40)32-13-6-14-36(19-26(38)34-28)27(39)11-8-22-7-5-12-31-18-22/h5,7,9-10,12,17-18,20,28H,6,8,11,13-16,19H2,1-4H3,(H,32,40)(H,34,38)/t28-/m0/s1. The van der Waals surface area contributed by atoms with Crippen LogP contribution in [0.1, 0.15) is 60.3 Å². The molecule has 0 spiro atoms. The lowest BCUT2D eigenvalue weighted by Crippen LogP contribution is -2.44. The summed E-state index contributed by atoms with van der Waals surface area (Å²) in [5.41, 5.74) is 1.37. The minimum atomic E-state index is -0.429. The number of aryl methyl sites for hydroxylation is 2. The van der Waals surface area contributed by atoms with Crippen LogP contribution in [0.5, 0.6) is 11.5 Å². The highest BCUT2D eigenvalue weighted by atomic mass is 16.5. The molecule has 1 aliphatic rings. The number of aromatic nitrogens is 4. The number of benzene rings is 1. The fourth-order valence-electron chi connectivity index (χ4n) is 4.78. The van der Waals surface area contributed by atoms with E-state index in [9.17, 15) is 14.4 Å². The van der Waals surface area contributed by atoms with E-state index in [-0.39, 0.29) is 43.2 Å². The van der Waals surface area contributed by atoms with Crippen molar-refractivity contribution in [2.24, 2.45) is 5.92 Å². The molecule has 2 N–H and O–H groups in total. The fraction of sp³-hybridized carbons (Fsp3) is 0.467. The molecule has 12 nitrogen and oxygen atoms in total. The summed E-state index contributed by atoms with van der Waals surface area (Å²) in [4.78, 5) is 49.8. The molecule has 3 heterocycles. The number of hydrogen-bond donors (Lipinski definition) is 2. The van der Waals surface area contributed by atoms with E-state index < -0.39 is 6.04 Å². The Morgan fingerprint density at radius 2 is 2.05 bits per heavy atom. The summed E-state index contributed by atoms with van der Waals surface area (Å²) in [6, 6.07) is 8.34. The predicted octanol–water partition coefficient (Wildman–Crippen LogP) is 2.48. The number of methoxy groups -OCH3 is 1. The Balaban J connectivity index is 1.59. The zero-order valence-electron chi connectivity index (χ0n) is 24.6. The van der Waals surface area contributed by atoms with Crippen molar-refractivity contribution in [1.82, 2.24) is 35.3 Å². The fourth-order valence-corrected chi connectivity index (χ4v) is 4.78. The number of carbonyl (C=O) groups excluding carboxylic acids is 3. The van der Waals surface area contributed by atoms with Gasteiger partial charge in [0.15, 0.2) is 11.5 Å². The highest BCUT2D eigenvalue weighted by Crippen LogP contribution is 2.28. The van der Waals surface area contributed by atoms with Gasteiger partial charge in [-0.1, -0.05) is 19.9 Å². The van der Waals surface area contributed by atoms with Crippen molar-refractivity contribution in [2.75, 3.05) is 33.4 Å². The molecule has 2 bridgehead atoms. The number of carbonyl (C=O) groups is 3. The number of ether oxygens (including phenoxy) is 2. The lowest BCUT2D eigenvalue weighted by molar-refractivity contribution is -0.136. The number of hydrogen-bond acceptors (Lipinski definition) is 8. The minimum Gasteiger partial charge on any atom is -0.493 e. The van der Waals surface area contributed by atoms with Crippen molar-refractivity contribution in [3.63, 3.8) is 0 Å². The van der Waals surface area contributed by atoms with Gasteiger partial charge < -0.3 is 25.0 Å². The van der Waals surface area contributed by atoms with Crippen LogP contribution >= 0.6 is 0 Å². The third kappa shape index (κ3) is 8.05. The van der Waals surface area contributed by atoms with E-state index in [1.165, 1.54) is 0 Å². The van der Waals surface area contributed by atoms with Crippen molar-refractivity contribution in [3.05, 3.63) is 65.5 Å². The van der Waals surface area contributed by atoms with E-state index in [1.54, 1.807) is 54.2 Å². The van der Waals surface area contributed by atoms with E-state index in [0.717, 1.165) is 5.56 Å². The Labute approximate surface area is 245 Å². The second-order valence-corrected chi connectivity index (χ2v) is 10.5. The van der Waals surface area contributed by atoms with Crippen LogP contribution in [0.2, 0.25) is 0 Å². The van der Waals surface area contributed by atoms with Crippen LogP contribution in [0.3, 0.4) is 0 Å². The molecule has 4 rings (SSSR count). The van der Waals surface area contributed by atoms with Gasteiger partial charge in [0.1, 0.15) is 18.3 Å². The van der Waals surface area contributed by atoms with Crippen LogP contribution in [-0.4, -0.2) is 75.7 Å². The summed E-state index contributed by atoms with van der Waals surface area (Å²) in [6.07, 6.45) is 4.64. The number of amides is 3. The maximum atomic E-state index is 13.3. The van der Waals surface area contributed by atoms with E-state index >= 15 is 0 Å². The summed E-state index contributed by atoms with van der Waals surface area (Å²) in [5.74, 6) is 1.40. The molecule has 3 amide bonds. The zero-order chi connectivity index (χ0) is 30.1. The molecule has 2 aromatic heterocycles. The van der Waals surface area contributed by atoms with E-state index in [2.05, 4.69) is 25.7 Å². The molecule has 0 radical (unpaired) electrons. The lowest BCUT2D eigenvalue weighted by atomic mass is 10.0. The molecule has 12 heteroatoms. The van der Waals surface area contributed by atoms with Crippen LogP contribution in [-0.2, 0) is 22.6 Å². The first-order valence-corrected chi connectivity index (χ1v) is 14.2. The first-order chi connectivity index (χ1) is 20.2. The van der Waals surface area contributed by atoms with Gasteiger partial charge in [0, 0.05) is 37.5 Å². The highest BCUT2D eigenvalue weighted by Gasteiger charge is 2.26. The number of rotatable bonds is 5. The molecule has 1 atom stereocenters. The van der Waals surface area contributed by atoms with Crippen LogP contribution < -0.4 is 20.1 Å². The highest BCUT2D eigenvalue weighted by molar-refractivity contribution is 5.94. The van der Waals surface area contributed by atoms with Crippen molar-refractivity contribution in [3.8, 4) is 11.5 Å². The topological polar surface area (TPSA) is 141 Å². The first-order valence-electron chi connectivity index (χ1n) is 14.2. The number of fused-ring (bicyclic) bond motifs is 3. The SMILES string of the molecule is COc1ccc2cc1OCCn1nc(C)nc1[C@H](C(C)C)NC(=O)CN(C(=O)CCc1cccnc1)CCCNC2=O. The van der Waals surface area contributed by atoms with Gasteiger partial charge in [0.2, 0.25) is 11.8 Å². The summed E-state index contributed by atoms with van der Waals surface area (Å²) in [6.45, 7) is 6.90. The average molecular weight is 578 g/mol. The third-order valence-electron chi connectivity index (χ3n) is 6.98. The molecule has 0 unspecified atom stereocenters. The normalized spacial score (nSPS) is 16.9. The second kappa shape index (κ2) is 14.4. The predicted molar refractivity (Wildman–Crippen MR) is 155 cm³/mol. The average Bonchev–Trinajstić information content (AvgIpc) is 3.35. The molecule has 0 saturated heterocycles. The van der Waals surface area contributed by atoms with Crippen LogP contribution in [0.25, 0.3) is 0 Å². The number of nitrogens with one attached hydrogen (secondary N) is 2. The van der Waals surface area contributed by atoms with Crippen molar-refractivity contribution in [2.45, 2.75) is 52.6 Å². The molecule has 42 heavy (non-hydrogen) atoms. The quantitative estimate of drug-likeness (QED) is 0.471. The molecular weight excluding hydrogens is 538 g/mol. The Bertz CT molecular complexity index is 1380. The van der Waals surface area contributed by atoms with Crippen LogP contribution in [0.4, 0.5) is 0 Å². The molecule has 224 valence electrons. The summed E-state index contributed by atoms with van der Waals surface area (Å²) < 4.78 is 13.2. The van der Waals surface area contributed by atoms with Gasteiger partial charge in [0.25, 0.3) is 5.91 Å². The number of pyridine rings is 1. The van der Waals surface area contributed by atoms with Gasteiger partial charge in [0.05, 0.1) is 26.2 Å². The van der Waals surface area contributed by atoms with E-state index in [0.29, 0.717) is 61.2 Å². The van der Waals surface area contributed by atoms with E-state index in [1.807, 2.05) is 26.0 Å². The van der Waals surface area contributed by atoms with Gasteiger partial charge in [-0.15, -0.1) is 0 Å². The molecule has 1 aromatic carbocycles. The smallest absolute Gasteiger partial charge is 0.251 e. The summed E-state index contributed by atoms with van der Waals surface area (Å²) in [5, 5.41) is 10.5. The molecule has 0 saturated carbocycles. The Morgan fingerprint density at radius 1 is 1.21 bits per heavy atom. The van der Waals surface area contributed by atoms with Crippen LogP contribution in [0.15, 0.2) is 42.7 Å². The maximum Gasteiger partial charge on any atom is 0.251 e. The second-order valence-electron chi connectivity index (χ2n) is 10.5. The summed E-state index contributed by atoms with van der Waals surface area (Å²) >= 11 is 0. The summed E-state index contributed by atoms with van der Waals surface area (Å²) in [7, 11) is 1.54. The Hall–Kier alpha value is -4.48.